The minimum Gasteiger partial charge on any atom is -0.494 e. The predicted molar refractivity (Wildman–Crippen MR) is 54.9 cm³/mol. The number of hydrogen-bond donors (Lipinski definition) is 1. The third-order valence-electron chi connectivity index (χ3n) is 2.10. The Bertz CT molecular complexity index is 299. The van der Waals surface area contributed by atoms with Gasteiger partial charge >= 0.3 is 0 Å². The number of hydrogen-bond acceptors (Lipinski definition) is 2. The highest BCUT2D eigenvalue weighted by atomic mass is 19.1. The second kappa shape index (κ2) is 4.96. The SMILES string of the molecule is COc1ccc(CC[C@@H](C)N)cc1F. The van der Waals surface area contributed by atoms with Gasteiger partial charge in [0.25, 0.3) is 0 Å². The molecule has 1 atom stereocenters. The highest BCUT2D eigenvalue weighted by Gasteiger charge is 2.03. The summed E-state index contributed by atoms with van der Waals surface area (Å²) in [6.45, 7) is 1.94. The van der Waals surface area contributed by atoms with Crippen LogP contribution in [0.5, 0.6) is 5.75 Å². The number of halogens is 1. The quantitative estimate of drug-likeness (QED) is 0.802. The summed E-state index contributed by atoms with van der Waals surface area (Å²) in [4.78, 5) is 0. The van der Waals surface area contributed by atoms with Gasteiger partial charge in [0, 0.05) is 6.04 Å². The highest BCUT2D eigenvalue weighted by molar-refractivity contribution is 5.29. The second-order valence-electron chi connectivity index (χ2n) is 3.48. The molecule has 0 aromatic heterocycles. The lowest BCUT2D eigenvalue weighted by Crippen LogP contribution is -2.15. The second-order valence-corrected chi connectivity index (χ2v) is 3.48. The molecule has 0 bridgehead atoms. The molecule has 3 heteroatoms. The zero-order valence-corrected chi connectivity index (χ0v) is 8.59. The van der Waals surface area contributed by atoms with E-state index in [-0.39, 0.29) is 17.6 Å². The Morgan fingerprint density at radius 1 is 1.50 bits per heavy atom. The smallest absolute Gasteiger partial charge is 0.165 e. The van der Waals surface area contributed by atoms with Gasteiger partial charge in [0.05, 0.1) is 7.11 Å². The van der Waals surface area contributed by atoms with Gasteiger partial charge < -0.3 is 10.5 Å². The van der Waals surface area contributed by atoms with Crippen LogP contribution in [-0.4, -0.2) is 13.2 Å². The zero-order valence-electron chi connectivity index (χ0n) is 8.59. The first-order valence-electron chi connectivity index (χ1n) is 4.71. The number of methoxy groups -OCH3 is 1. The van der Waals surface area contributed by atoms with Gasteiger partial charge in [-0.05, 0) is 37.5 Å². The molecule has 0 amide bonds. The van der Waals surface area contributed by atoms with Crippen LogP contribution in [0.25, 0.3) is 0 Å². The lowest BCUT2D eigenvalue weighted by atomic mass is 10.1. The van der Waals surface area contributed by atoms with Crippen molar-refractivity contribution in [1.82, 2.24) is 0 Å². The summed E-state index contributed by atoms with van der Waals surface area (Å²) in [5.74, 6) is -0.0239. The third kappa shape index (κ3) is 3.00. The lowest BCUT2D eigenvalue weighted by Gasteiger charge is -2.06. The Morgan fingerprint density at radius 3 is 2.71 bits per heavy atom. The fourth-order valence-corrected chi connectivity index (χ4v) is 1.26. The Balaban J connectivity index is 2.66. The summed E-state index contributed by atoms with van der Waals surface area (Å²) in [7, 11) is 1.46. The van der Waals surface area contributed by atoms with Crippen molar-refractivity contribution in [3.8, 4) is 5.75 Å². The van der Waals surface area contributed by atoms with Crippen molar-refractivity contribution < 1.29 is 9.13 Å². The van der Waals surface area contributed by atoms with Crippen LogP contribution in [0.15, 0.2) is 18.2 Å². The van der Waals surface area contributed by atoms with Gasteiger partial charge in [-0.25, -0.2) is 4.39 Å². The van der Waals surface area contributed by atoms with Gasteiger partial charge in [0.15, 0.2) is 11.6 Å². The monoisotopic (exact) mass is 197 g/mol. The minimum absolute atomic E-state index is 0.153. The van der Waals surface area contributed by atoms with Gasteiger partial charge in [0.2, 0.25) is 0 Å². The van der Waals surface area contributed by atoms with Crippen LogP contribution in [-0.2, 0) is 6.42 Å². The van der Waals surface area contributed by atoms with Crippen molar-refractivity contribution in [3.05, 3.63) is 29.6 Å². The van der Waals surface area contributed by atoms with E-state index in [1.54, 1.807) is 6.07 Å². The number of rotatable bonds is 4. The van der Waals surface area contributed by atoms with E-state index in [4.69, 9.17) is 10.5 Å². The maximum Gasteiger partial charge on any atom is 0.165 e. The molecular formula is C11H16FNO. The molecule has 0 radical (unpaired) electrons. The van der Waals surface area contributed by atoms with Crippen molar-refractivity contribution in [3.63, 3.8) is 0 Å². The highest BCUT2D eigenvalue weighted by Crippen LogP contribution is 2.18. The molecule has 0 aliphatic carbocycles. The number of nitrogens with two attached hydrogens (primary N) is 1. The van der Waals surface area contributed by atoms with E-state index in [0.717, 1.165) is 18.4 Å². The molecule has 0 saturated carbocycles. The summed E-state index contributed by atoms with van der Waals surface area (Å²) >= 11 is 0. The maximum absolute atomic E-state index is 13.2. The molecule has 2 nitrogen and oxygen atoms in total. The molecule has 2 N–H and O–H groups in total. The molecule has 78 valence electrons. The van der Waals surface area contributed by atoms with Gasteiger partial charge in [-0.2, -0.15) is 0 Å². The van der Waals surface area contributed by atoms with E-state index in [1.165, 1.54) is 13.2 Å². The van der Waals surface area contributed by atoms with Crippen LogP contribution in [0.2, 0.25) is 0 Å². The summed E-state index contributed by atoms with van der Waals surface area (Å²) in [5.41, 5.74) is 6.57. The van der Waals surface area contributed by atoms with Crippen molar-refractivity contribution >= 4 is 0 Å². The maximum atomic E-state index is 13.2. The van der Waals surface area contributed by atoms with Crippen molar-refractivity contribution in [2.75, 3.05) is 7.11 Å². The average molecular weight is 197 g/mol. The lowest BCUT2D eigenvalue weighted by molar-refractivity contribution is 0.386. The van der Waals surface area contributed by atoms with Gasteiger partial charge in [0.1, 0.15) is 0 Å². The Morgan fingerprint density at radius 2 is 2.21 bits per heavy atom. The van der Waals surface area contributed by atoms with Crippen LogP contribution >= 0.6 is 0 Å². The molecule has 0 aliphatic heterocycles. The minimum atomic E-state index is -0.310. The van der Waals surface area contributed by atoms with Crippen LogP contribution < -0.4 is 10.5 Å². The first-order valence-corrected chi connectivity index (χ1v) is 4.71. The molecule has 1 aromatic rings. The fourth-order valence-electron chi connectivity index (χ4n) is 1.26. The van der Waals surface area contributed by atoms with Crippen LogP contribution in [0, 0.1) is 5.82 Å². The third-order valence-corrected chi connectivity index (χ3v) is 2.10. The Hall–Kier alpha value is -1.09. The molecule has 0 fully saturated rings. The number of aryl methyl sites for hydroxylation is 1. The summed E-state index contributed by atoms with van der Waals surface area (Å²) in [6.07, 6.45) is 1.67. The van der Waals surface area contributed by atoms with E-state index in [2.05, 4.69) is 0 Å². The standard InChI is InChI=1S/C11H16FNO/c1-8(13)3-4-9-5-6-11(14-2)10(12)7-9/h5-8H,3-4,13H2,1-2H3/t8-/m1/s1. The molecular weight excluding hydrogens is 181 g/mol. The molecule has 1 aromatic carbocycles. The Kier molecular flexibility index (Phi) is 3.89. The van der Waals surface area contributed by atoms with Gasteiger partial charge in [-0.15, -0.1) is 0 Å². The summed E-state index contributed by atoms with van der Waals surface area (Å²) < 4.78 is 18.0. The van der Waals surface area contributed by atoms with E-state index < -0.39 is 0 Å². The fraction of sp³-hybridized carbons (Fsp3) is 0.455. The van der Waals surface area contributed by atoms with Crippen molar-refractivity contribution in [2.24, 2.45) is 5.73 Å². The average Bonchev–Trinajstić information content (AvgIpc) is 2.15. The molecule has 0 spiro atoms. The van der Waals surface area contributed by atoms with E-state index >= 15 is 0 Å². The normalized spacial score (nSPS) is 12.6. The molecule has 14 heavy (non-hydrogen) atoms. The molecule has 1 rings (SSSR count). The molecule has 0 unspecified atom stereocenters. The van der Waals surface area contributed by atoms with Crippen LogP contribution in [0.4, 0.5) is 4.39 Å². The number of benzene rings is 1. The molecule has 0 saturated heterocycles. The topological polar surface area (TPSA) is 35.2 Å². The molecule has 0 aliphatic rings. The predicted octanol–water partition coefficient (Wildman–Crippen LogP) is 2.11. The first kappa shape index (κ1) is 11.0. The van der Waals surface area contributed by atoms with E-state index in [9.17, 15) is 4.39 Å². The van der Waals surface area contributed by atoms with Gasteiger partial charge in [-0.3, -0.25) is 0 Å². The summed E-state index contributed by atoms with van der Waals surface area (Å²) in [6, 6.07) is 5.16. The number of ether oxygens (including phenoxy) is 1. The van der Waals surface area contributed by atoms with Crippen LogP contribution in [0.1, 0.15) is 18.9 Å². The van der Waals surface area contributed by atoms with Crippen LogP contribution in [0.3, 0.4) is 0 Å². The van der Waals surface area contributed by atoms with Crippen molar-refractivity contribution in [2.45, 2.75) is 25.8 Å². The first-order chi connectivity index (χ1) is 6.63. The van der Waals surface area contributed by atoms with Crippen molar-refractivity contribution in [1.29, 1.82) is 0 Å². The van der Waals surface area contributed by atoms with E-state index in [0.29, 0.717) is 0 Å². The Labute approximate surface area is 83.9 Å². The largest absolute Gasteiger partial charge is 0.494 e. The van der Waals surface area contributed by atoms with Gasteiger partial charge in [-0.1, -0.05) is 6.07 Å². The zero-order chi connectivity index (χ0) is 10.6. The summed E-state index contributed by atoms with van der Waals surface area (Å²) in [5, 5.41) is 0. The van der Waals surface area contributed by atoms with E-state index in [1.807, 2.05) is 13.0 Å². The molecule has 0 heterocycles.